The molecule has 14 nitrogen and oxygen atoms in total. The normalized spacial score (nSPS) is 15.2. The van der Waals surface area contributed by atoms with Crippen molar-refractivity contribution in [3.63, 3.8) is 0 Å². The van der Waals surface area contributed by atoms with E-state index in [-0.39, 0.29) is 23.3 Å². The third kappa shape index (κ3) is 7.10. The van der Waals surface area contributed by atoms with Crippen molar-refractivity contribution in [2.24, 2.45) is 7.05 Å². The van der Waals surface area contributed by atoms with Gasteiger partial charge in [0.05, 0.1) is 23.4 Å². The Labute approximate surface area is 320 Å². The van der Waals surface area contributed by atoms with Crippen molar-refractivity contribution in [1.82, 2.24) is 49.4 Å². The lowest BCUT2D eigenvalue weighted by atomic mass is 9.97. The number of aromatic nitrogens is 9. The number of aromatic amines is 1. The molecular formula is C39H44FN13OS. The summed E-state index contributed by atoms with van der Waals surface area (Å²) in [6.07, 6.45) is 4.81. The lowest BCUT2D eigenvalue weighted by Crippen LogP contribution is -2.59. The molecular weight excluding hydrogens is 718 g/mol. The monoisotopic (exact) mass is 761 g/mol. The van der Waals surface area contributed by atoms with Gasteiger partial charge < -0.3 is 20.3 Å². The first-order valence-electron chi connectivity index (χ1n) is 18.1. The molecule has 284 valence electrons. The Bertz CT molecular complexity index is 2530. The highest BCUT2D eigenvalue weighted by atomic mass is 32.2. The quantitative estimate of drug-likeness (QED) is 0.121. The summed E-state index contributed by atoms with van der Waals surface area (Å²) in [5.41, 5.74) is 3.98. The first-order valence-corrected chi connectivity index (χ1v) is 19.5. The maximum atomic E-state index is 15.7. The van der Waals surface area contributed by atoms with Gasteiger partial charge in [0.25, 0.3) is 0 Å². The number of pyridine rings is 1. The van der Waals surface area contributed by atoms with Gasteiger partial charge in [0.2, 0.25) is 11.6 Å². The molecule has 1 unspecified atom stereocenters. The molecule has 1 atom stereocenters. The maximum Gasteiger partial charge on any atom is 0.247 e. The molecule has 1 fully saturated rings. The molecule has 0 saturated carbocycles. The number of nitrogens with zero attached hydrogens (tertiary/aromatic N) is 10. The van der Waals surface area contributed by atoms with Crippen LogP contribution < -0.4 is 20.3 Å². The third-order valence-electron chi connectivity index (χ3n) is 9.81. The van der Waals surface area contributed by atoms with Gasteiger partial charge in [-0.25, -0.2) is 19.0 Å². The fraction of sp³-hybridized carbons (Fsp3) is 0.308. The van der Waals surface area contributed by atoms with E-state index in [0.29, 0.717) is 17.1 Å². The first-order chi connectivity index (χ1) is 26.5. The molecule has 55 heavy (non-hydrogen) atoms. The molecule has 0 amide bonds. The number of fused-ring (bicyclic) bond motifs is 2. The van der Waals surface area contributed by atoms with Crippen LogP contribution in [-0.4, -0.2) is 93.6 Å². The molecule has 0 aliphatic carbocycles. The van der Waals surface area contributed by atoms with Gasteiger partial charge in [0, 0.05) is 67.4 Å². The van der Waals surface area contributed by atoms with Crippen molar-refractivity contribution in [2.75, 3.05) is 42.2 Å². The van der Waals surface area contributed by atoms with Gasteiger partial charge in [-0.05, 0) is 75.7 Å². The number of aryl methyl sites for hydroxylation is 1. The third-order valence-corrected chi connectivity index (χ3v) is 11.5. The van der Waals surface area contributed by atoms with Gasteiger partial charge in [-0.1, -0.05) is 18.0 Å². The number of benzene rings is 2. The van der Waals surface area contributed by atoms with E-state index in [1.54, 1.807) is 24.8 Å². The van der Waals surface area contributed by atoms with E-state index >= 15 is 4.39 Å². The van der Waals surface area contributed by atoms with E-state index < -0.39 is 16.3 Å². The molecule has 1 saturated heterocycles. The zero-order valence-corrected chi connectivity index (χ0v) is 32.5. The lowest BCUT2D eigenvalue weighted by Gasteiger charge is -2.47. The Kier molecular flexibility index (Phi) is 9.47. The molecule has 6 heterocycles. The van der Waals surface area contributed by atoms with Crippen LogP contribution in [-0.2, 0) is 13.6 Å². The van der Waals surface area contributed by atoms with Crippen molar-refractivity contribution in [3.8, 4) is 17.0 Å². The molecule has 5 aromatic heterocycles. The molecule has 1 aliphatic rings. The second-order valence-electron chi connectivity index (χ2n) is 14.5. The number of hydrogen-bond donors (Lipinski definition) is 3. The predicted molar refractivity (Wildman–Crippen MR) is 216 cm³/mol. The number of anilines is 4. The van der Waals surface area contributed by atoms with Gasteiger partial charge in [-0.15, -0.1) is 15.6 Å². The smallest absolute Gasteiger partial charge is 0.247 e. The van der Waals surface area contributed by atoms with E-state index in [2.05, 4.69) is 107 Å². The predicted octanol–water partition coefficient (Wildman–Crippen LogP) is 6.73. The molecule has 0 bridgehead atoms. The highest BCUT2D eigenvalue weighted by Crippen LogP contribution is 2.38. The Morgan fingerprint density at radius 2 is 1.87 bits per heavy atom. The summed E-state index contributed by atoms with van der Waals surface area (Å²) in [5.74, 6) is 6.50. The van der Waals surface area contributed by atoms with Gasteiger partial charge in [0.15, 0.2) is 17.2 Å². The Hall–Kier alpha value is -5.87. The molecule has 1 aliphatic heterocycles. The van der Waals surface area contributed by atoms with Crippen LogP contribution in [0.15, 0.2) is 83.1 Å². The van der Waals surface area contributed by atoms with Gasteiger partial charge in [0.1, 0.15) is 23.7 Å². The van der Waals surface area contributed by atoms with Crippen LogP contribution in [0.4, 0.5) is 27.7 Å². The number of ether oxygens (including phenoxy) is 1. The van der Waals surface area contributed by atoms with Crippen molar-refractivity contribution in [3.05, 3.63) is 84.7 Å². The van der Waals surface area contributed by atoms with E-state index in [1.165, 1.54) is 16.1 Å². The van der Waals surface area contributed by atoms with Crippen molar-refractivity contribution in [1.29, 1.82) is 0 Å². The van der Waals surface area contributed by atoms with Gasteiger partial charge in [-0.2, -0.15) is 19.7 Å². The zero-order chi connectivity index (χ0) is 38.4. The fourth-order valence-corrected chi connectivity index (χ4v) is 8.29. The second-order valence-corrected chi connectivity index (χ2v) is 16.2. The van der Waals surface area contributed by atoms with Crippen LogP contribution in [0.1, 0.15) is 33.3 Å². The van der Waals surface area contributed by atoms with Crippen LogP contribution in [0, 0.1) is 5.82 Å². The fourth-order valence-electron chi connectivity index (χ4n) is 7.00. The molecule has 7 aromatic rings. The molecule has 0 radical (unpaired) electrons. The maximum absolute atomic E-state index is 15.7. The molecule has 2 aromatic carbocycles. The topological polar surface area (TPSA) is 142 Å². The Morgan fingerprint density at radius 1 is 1.04 bits per heavy atom. The summed E-state index contributed by atoms with van der Waals surface area (Å²) >= 11 is 0. The number of hydrogen-bond acceptors (Lipinski definition) is 11. The number of H-pyrrole nitrogens is 1. The van der Waals surface area contributed by atoms with Crippen LogP contribution in [0.25, 0.3) is 27.9 Å². The largest absolute Gasteiger partial charge is 0.485 e. The van der Waals surface area contributed by atoms with Crippen LogP contribution in [0.2, 0.25) is 0 Å². The summed E-state index contributed by atoms with van der Waals surface area (Å²) in [7, 11) is 3.19. The number of nitrogens with one attached hydrogen (secondary N) is 3. The van der Waals surface area contributed by atoms with Gasteiger partial charge >= 0.3 is 0 Å². The Balaban J connectivity index is 0.953. The first kappa shape index (κ1) is 36.1. The van der Waals surface area contributed by atoms with Crippen LogP contribution in [0.5, 0.6) is 5.75 Å². The van der Waals surface area contributed by atoms with Crippen molar-refractivity contribution < 1.29 is 9.13 Å². The molecule has 16 heteroatoms. The summed E-state index contributed by atoms with van der Waals surface area (Å²) in [5, 5.41) is 23.1. The summed E-state index contributed by atoms with van der Waals surface area (Å²) in [4.78, 5) is 20.9. The minimum atomic E-state index is -0.612. The average molecular weight is 762 g/mol. The highest BCUT2D eigenvalue weighted by molar-refractivity contribution is 8.14. The minimum absolute atomic E-state index is 0.108. The SMILES string of the molecule is C=S(c1cccc(CN2CCN(c3ccc4c(NC)nn(C)c4n3)CC2(C)C)c1)c1ccc(Nc2nc3c(OC(C)C)c(-c4cn[nH]c4)ncn3n2)c(F)c1. The second kappa shape index (κ2) is 14.4. The number of rotatable bonds is 11. The number of halogens is 1. The highest BCUT2D eigenvalue weighted by Gasteiger charge is 2.34. The molecule has 8 rings (SSSR count). The molecule has 3 N–H and O–H groups in total. The van der Waals surface area contributed by atoms with Crippen molar-refractivity contribution in [2.45, 2.75) is 55.7 Å². The lowest BCUT2D eigenvalue weighted by molar-refractivity contribution is 0.0959. The van der Waals surface area contributed by atoms with E-state index in [4.69, 9.17) is 9.72 Å². The minimum Gasteiger partial charge on any atom is -0.485 e. The summed E-state index contributed by atoms with van der Waals surface area (Å²) < 4.78 is 25.1. The van der Waals surface area contributed by atoms with Gasteiger partial charge in [-0.3, -0.25) is 10.00 Å². The van der Waals surface area contributed by atoms with E-state index in [0.717, 1.165) is 64.2 Å². The summed E-state index contributed by atoms with van der Waals surface area (Å²) in [6.45, 7) is 11.8. The van der Waals surface area contributed by atoms with E-state index in [9.17, 15) is 0 Å². The van der Waals surface area contributed by atoms with Crippen LogP contribution >= 0.6 is 10.5 Å². The summed E-state index contributed by atoms with van der Waals surface area (Å²) in [6, 6.07) is 17.8. The van der Waals surface area contributed by atoms with E-state index in [1.807, 2.05) is 38.7 Å². The standard InChI is InChI=1S/C39H44FN13OS/c1-24(2)54-34-33(26-19-43-44-20-26)42-23-53-37(34)47-38(49-53)45-31-13-11-28(18-30(31)40)55(7)27-10-8-9-25(17-27)21-52-16-15-51(22-39(52,3)4)32-14-12-29-35(41-5)48-50(6)36(29)46-32/h8-14,17-20,23-24H,7,15-16,21-22H2,1-6H3,(H,41,48)(H,43,44)(H,45,49). The number of piperazine rings is 1. The molecule has 0 spiro atoms. The Morgan fingerprint density at radius 3 is 2.62 bits per heavy atom. The van der Waals surface area contributed by atoms with Crippen molar-refractivity contribution >= 4 is 56.3 Å². The van der Waals surface area contributed by atoms with Crippen LogP contribution in [0.3, 0.4) is 0 Å². The average Bonchev–Trinajstić information content (AvgIpc) is 3.92. The zero-order valence-electron chi connectivity index (χ0n) is 31.7.